The van der Waals surface area contributed by atoms with Crippen molar-refractivity contribution in [1.29, 1.82) is 0 Å². The molecule has 1 aliphatic carbocycles. The second kappa shape index (κ2) is 9.81. The van der Waals surface area contributed by atoms with E-state index in [1.54, 1.807) is 31.2 Å². The number of hydrogen-bond donors (Lipinski definition) is 1. The third kappa shape index (κ3) is 6.45. The Bertz CT molecular complexity index is 847. The van der Waals surface area contributed by atoms with Gasteiger partial charge >= 0.3 is 0 Å². The maximum atomic E-state index is 12.7. The SMILES string of the molecule is CCOc1ccc(N(C(C)C(=O)NN=C2CCC(C(C)(C)C)CC2)S(C)(=O)=O)cc1. The van der Waals surface area contributed by atoms with E-state index >= 15 is 0 Å². The number of nitrogens with zero attached hydrogens (tertiary/aromatic N) is 2. The lowest BCUT2D eigenvalue weighted by atomic mass is 9.72. The summed E-state index contributed by atoms with van der Waals surface area (Å²) in [5, 5.41) is 4.29. The number of carbonyl (C=O) groups excluding carboxylic acids is 1. The highest BCUT2D eigenvalue weighted by Gasteiger charge is 2.30. The first kappa shape index (κ1) is 24.2. The minimum Gasteiger partial charge on any atom is -0.494 e. The molecule has 30 heavy (non-hydrogen) atoms. The largest absolute Gasteiger partial charge is 0.494 e. The Morgan fingerprint density at radius 2 is 1.80 bits per heavy atom. The van der Waals surface area contributed by atoms with Gasteiger partial charge in [-0.25, -0.2) is 13.8 Å². The number of rotatable bonds is 7. The lowest BCUT2D eigenvalue weighted by Crippen LogP contribution is -2.47. The summed E-state index contributed by atoms with van der Waals surface area (Å²) in [4.78, 5) is 12.7. The summed E-state index contributed by atoms with van der Waals surface area (Å²) in [5.41, 5.74) is 4.22. The number of sulfonamides is 1. The molecule has 1 aliphatic rings. The molecule has 0 saturated heterocycles. The van der Waals surface area contributed by atoms with Crippen molar-refractivity contribution in [3.05, 3.63) is 24.3 Å². The average molecular weight is 438 g/mol. The first-order valence-electron chi connectivity index (χ1n) is 10.5. The van der Waals surface area contributed by atoms with Crippen LogP contribution < -0.4 is 14.5 Å². The van der Waals surface area contributed by atoms with E-state index in [0.29, 0.717) is 24.0 Å². The van der Waals surface area contributed by atoms with Crippen molar-refractivity contribution >= 4 is 27.3 Å². The molecule has 1 amide bonds. The molecular weight excluding hydrogens is 402 g/mol. The Morgan fingerprint density at radius 3 is 2.27 bits per heavy atom. The molecule has 1 N–H and O–H groups in total. The van der Waals surface area contributed by atoms with E-state index < -0.39 is 22.0 Å². The summed E-state index contributed by atoms with van der Waals surface area (Å²) in [5.74, 6) is 0.829. The first-order chi connectivity index (χ1) is 13.9. The van der Waals surface area contributed by atoms with Crippen molar-refractivity contribution in [2.24, 2.45) is 16.4 Å². The van der Waals surface area contributed by atoms with E-state index in [9.17, 15) is 13.2 Å². The van der Waals surface area contributed by atoms with Crippen molar-refractivity contribution in [2.75, 3.05) is 17.2 Å². The van der Waals surface area contributed by atoms with E-state index in [1.165, 1.54) is 0 Å². The molecule has 1 saturated carbocycles. The minimum absolute atomic E-state index is 0.275. The molecule has 168 valence electrons. The van der Waals surface area contributed by atoms with Crippen LogP contribution in [0.1, 0.15) is 60.3 Å². The number of carbonyl (C=O) groups is 1. The molecule has 0 bridgehead atoms. The van der Waals surface area contributed by atoms with E-state index in [2.05, 4.69) is 31.3 Å². The second-order valence-electron chi connectivity index (χ2n) is 8.96. The fourth-order valence-electron chi connectivity index (χ4n) is 3.82. The third-order valence-corrected chi connectivity index (χ3v) is 6.84. The minimum atomic E-state index is -3.67. The molecule has 0 aromatic heterocycles. The molecule has 1 aromatic rings. The topological polar surface area (TPSA) is 88.1 Å². The van der Waals surface area contributed by atoms with Gasteiger partial charge in [0.15, 0.2) is 0 Å². The van der Waals surface area contributed by atoms with Crippen LogP contribution in [-0.4, -0.2) is 38.9 Å². The van der Waals surface area contributed by atoms with Crippen LogP contribution in [0.3, 0.4) is 0 Å². The molecule has 1 atom stereocenters. The van der Waals surface area contributed by atoms with Gasteiger partial charge < -0.3 is 4.74 Å². The van der Waals surface area contributed by atoms with Gasteiger partial charge in [-0.05, 0) is 75.1 Å². The first-order valence-corrected chi connectivity index (χ1v) is 12.4. The molecule has 0 spiro atoms. The normalized spacial score (nSPS) is 18.5. The Kier molecular flexibility index (Phi) is 7.91. The zero-order valence-electron chi connectivity index (χ0n) is 18.9. The van der Waals surface area contributed by atoms with Crippen LogP contribution in [0.2, 0.25) is 0 Å². The number of anilines is 1. The quantitative estimate of drug-likeness (QED) is 0.654. The van der Waals surface area contributed by atoms with Crippen LogP contribution >= 0.6 is 0 Å². The van der Waals surface area contributed by atoms with Crippen LogP contribution in [0.4, 0.5) is 5.69 Å². The zero-order chi connectivity index (χ0) is 22.5. The molecule has 0 heterocycles. The van der Waals surface area contributed by atoms with Crippen molar-refractivity contribution in [3.8, 4) is 5.75 Å². The Hall–Kier alpha value is -2.09. The number of hydrazone groups is 1. The van der Waals surface area contributed by atoms with E-state index in [1.807, 2.05) is 6.92 Å². The lowest BCUT2D eigenvalue weighted by molar-refractivity contribution is -0.121. The van der Waals surface area contributed by atoms with Crippen molar-refractivity contribution in [1.82, 2.24) is 5.43 Å². The third-order valence-electron chi connectivity index (χ3n) is 5.60. The second-order valence-corrected chi connectivity index (χ2v) is 10.8. The van der Waals surface area contributed by atoms with Crippen molar-refractivity contribution < 1.29 is 17.9 Å². The number of benzene rings is 1. The molecule has 0 aliphatic heterocycles. The van der Waals surface area contributed by atoms with Gasteiger partial charge in [0.25, 0.3) is 5.91 Å². The fourth-order valence-corrected chi connectivity index (χ4v) is 5.00. The number of nitrogens with one attached hydrogen (secondary N) is 1. The van der Waals surface area contributed by atoms with Gasteiger partial charge in [0.1, 0.15) is 11.8 Å². The summed E-state index contributed by atoms with van der Waals surface area (Å²) in [6.45, 7) is 10.7. The summed E-state index contributed by atoms with van der Waals surface area (Å²) < 4.78 is 31.3. The number of hydrogen-bond acceptors (Lipinski definition) is 5. The number of amides is 1. The van der Waals surface area contributed by atoms with Gasteiger partial charge in [-0.3, -0.25) is 9.10 Å². The van der Waals surface area contributed by atoms with Crippen LogP contribution in [0, 0.1) is 11.3 Å². The van der Waals surface area contributed by atoms with Crippen molar-refractivity contribution in [3.63, 3.8) is 0 Å². The number of ether oxygens (including phenoxy) is 1. The average Bonchev–Trinajstić information content (AvgIpc) is 2.66. The van der Waals surface area contributed by atoms with Gasteiger partial charge in [0, 0.05) is 5.71 Å². The van der Waals surface area contributed by atoms with Crippen molar-refractivity contribution in [2.45, 2.75) is 66.3 Å². The molecule has 8 heteroatoms. The Labute approximate surface area is 180 Å². The van der Waals surface area contributed by atoms with Gasteiger partial charge in [-0.1, -0.05) is 20.8 Å². The summed E-state index contributed by atoms with van der Waals surface area (Å²) in [6.07, 6.45) is 4.90. The standard InChI is InChI=1S/C22H35N3O4S/c1-7-29-20-14-12-19(13-15-20)25(30(6,27)28)16(2)21(26)24-23-18-10-8-17(9-11-18)22(3,4)5/h12-17H,7-11H2,1-6H3,(H,24,26). The molecule has 1 unspecified atom stereocenters. The summed E-state index contributed by atoms with van der Waals surface area (Å²) in [6, 6.07) is 5.71. The van der Waals surface area contributed by atoms with E-state index in [4.69, 9.17) is 4.74 Å². The van der Waals surface area contributed by atoms with Gasteiger partial charge in [0.2, 0.25) is 10.0 Å². The highest BCUT2D eigenvalue weighted by Crippen LogP contribution is 2.36. The van der Waals surface area contributed by atoms with Gasteiger partial charge in [-0.15, -0.1) is 0 Å². The monoisotopic (exact) mass is 437 g/mol. The smallest absolute Gasteiger partial charge is 0.263 e. The van der Waals surface area contributed by atoms with Gasteiger partial charge in [0.05, 0.1) is 18.6 Å². The summed E-state index contributed by atoms with van der Waals surface area (Å²) >= 11 is 0. The van der Waals surface area contributed by atoms with Crippen LogP contribution in [0.15, 0.2) is 29.4 Å². The van der Waals surface area contributed by atoms with Crippen LogP contribution in [0.5, 0.6) is 5.75 Å². The highest BCUT2D eigenvalue weighted by atomic mass is 32.2. The maximum Gasteiger partial charge on any atom is 0.263 e. The van der Waals surface area contributed by atoms with Crippen LogP contribution in [-0.2, 0) is 14.8 Å². The Balaban J connectivity index is 2.08. The zero-order valence-corrected chi connectivity index (χ0v) is 19.8. The highest BCUT2D eigenvalue weighted by molar-refractivity contribution is 7.92. The molecule has 2 rings (SSSR count). The summed E-state index contributed by atoms with van der Waals surface area (Å²) in [7, 11) is -3.67. The molecule has 0 radical (unpaired) electrons. The predicted octanol–water partition coefficient (Wildman–Crippen LogP) is 3.95. The lowest BCUT2D eigenvalue weighted by Gasteiger charge is -2.34. The predicted molar refractivity (Wildman–Crippen MR) is 121 cm³/mol. The van der Waals surface area contributed by atoms with E-state index in [0.717, 1.165) is 42.0 Å². The Morgan fingerprint density at radius 1 is 1.23 bits per heavy atom. The molecular formula is C22H35N3O4S. The molecule has 1 fully saturated rings. The molecule has 1 aromatic carbocycles. The van der Waals surface area contributed by atoms with Crippen LogP contribution in [0.25, 0.3) is 0 Å². The maximum absolute atomic E-state index is 12.7. The molecule has 7 nitrogen and oxygen atoms in total. The van der Waals surface area contributed by atoms with Gasteiger partial charge in [-0.2, -0.15) is 5.10 Å². The fraction of sp³-hybridized carbons (Fsp3) is 0.636. The van der Waals surface area contributed by atoms with E-state index in [-0.39, 0.29) is 5.41 Å².